The number of aryl methyl sites for hydroxylation is 1. The lowest BCUT2D eigenvalue weighted by Crippen LogP contribution is -2.39. The van der Waals surface area contributed by atoms with Gasteiger partial charge in [-0.25, -0.2) is 9.97 Å². The lowest BCUT2D eigenvalue weighted by Gasteiger charge is -2.23. The van der Waals surface area contributed by atoms with Gasteiger partial charge in [0.15, 0.2) is 0 Å². The first-order valence-electron chi connectivity index (χ1n) is 5.72. The maximum atomic E-state index is 5.86. The molecule has 2 N–H and O–H groups in total. The van der Waals surface area contributed by atoms with E-state index in [9.17, 15) is 0 Å². The Bertz CT molecular complexity index is 330. The minimum Gasteiger partial charge on any atom is -0.353 e. The van der Waals surface area contributed by atoms with Gasteiger partial charge in [0, 0.05) is 18.3 Å². The molecule has 0 radical (unpaired) electrons. The van der Waals surface area contributed by atoms with Gasteiger partial charge in [-0.3, -0.25) is 0 Å². The molecular formula is C11H17ClN4. The minimum absolute atomic E-state index is 0.492. The molecule has 2 rings (SSSR count). The highest BCUT2D eigenvalue weighted by Crippen LogP contribution is 2.11. The van der Waals surface area contributed by atoms with Crippen molar-refractivity contribution in [1.29, 1.82) is 0 Å². The summed E-state index contributed by atoms with van der Waals surface area (Å²) in [5.74, 6) is 0.623. The Kier molecular flexibility index (Phi) is 3.96. The largest absolute Gasteiger partial charge is 0.353 e. The van der Waals surface area contributed by atoms with Crippen molar-refractivity contribution < 1.29 is 0 Å². The summed E-state index contributed by atoms with van der Waals surface area (Å²) in [6, 6.07) is 2.28. The zero-order chi connectivity index (χ0) is 11.4. The first-order valence-corrected chi connectivity index (χ1v) is 6.10. The molecular weight excluding hydrogens is 224 g/mol. The number of nitrogens with one attached hydrogen (secondary N) is 2. The van der Waals surface area contributed by atoms with Crippen molar-refractivity contribution in [3.63, 3.8) is 0 Å². The van der Waals surface area contributed by atoms with Crippen LogP contribution in [-0.2, 0) is 0 Å². The van der Waals surface area contributed by atoms with Crippen molar-refractivity contribution >= 4 is 17.5 Å². The summed E-state index contributed by atoms with van der Waals surface area (Å²) in [5, 5.41) is 7.19. The standard InChI is InChI=1S/C11H17ClN4/c1-8-6-10(12)16-11(15-8)14-7-9-4-2-3-5-13-9/h6,9,13H,2-5,7H2,1H3,(H,14,15,16)/t9-/m1/s1. The third-order valence-corrected chi connectivity index (χ3v) is 2.94. The molecule has 2 heterocycles. The van der Waals surface area contributed by atoms with Crippen LogP contribution < -0.4 is 10.6 Å². The topological polar surface area (TPSA) is 49.8 Å². The summed E-state index contributed by atoms with van der Waals surface area (Å²) in [7, 11) is 0. The van der Waals surface area contributed by atoms with Gasteiger partial charge in [0.2, 0.25) is 5.95 Å². The van der Waals surface area contributed by atoms with Crippen LogP contribution in [-0.4, -0.2) is 29.1 Å². The van der Waals surface area contributed by atoms with E-state index in [1.165, 1.54) is 19.3 Å². The van der Waals surface area contributed by atoms with Crippen LogP contribution in [0.25, 0.3) is 0 Å². The van der Waals surface area contributed by atoms with E-state index in [0.717, 1.165) is 18.8 Å². The summed E-state index contributed by atoms with van der Waals surface area (Å²) in [4.78, 5) is 8.42. The number of rotatable bonds is 3. The van der Waals surface area contributed by atoms with E-state index in [-0.39, 0.29) is 0 Å². The van der Waals surface area contributed by atoms with Crippen LogP contribution in [0.15, 0.2) is 6.07 Å². The highest BCUT2D eigenvalue weighted by atomic mass is 35.5. The Morgan fingerprint density at radius 2 is 2.38 bits per heavy atom. The molecule has 4 nitrogen and oxygen atoms in total. The molecule has 1 fully saturated rings. The van der Waals surface area contributed by atoms with Crippen molar-refractivity contribution in [1.82, 2.24) is 15.3 Å². The number of piperidine rings is 1. The Morgan fingerprint density at radius 1 is 1.50 bits per heavy atom. The Morgan fingerprint density at radius 3 is 3.06 bits per heavy atom. The maximum absolute atomic E-state index is 5.86. The quantitative estimate of drug-likeness (QED) is 0.794. The third kappa shape index (κ3) is 3.32. The molecule has 0 aliphatic carbocycles. The molecule has 1 atom stereocenters. The minimum atomic E-state index is 0.492. The summed E-state index contributed by atoms with van der Waals surface area (Å²) < 4.78 is 0. The van der Waals surface area contributed by atoms with Crippen LogP contribution in [0, 0.1) is 6.92 Å². The van der Waals surface area contributed by atoms with Gasteiger partial charge in [-0.05, 0) is 32.4 Å². The summed E-state index contributed by atoms with van der Waals surface area (Å²) >= 11 is 5.86. The molecule has 1 aliphatic rings. The second kappa shape index (κ2) is 5.46. The zero-order valence-electron chi connectivity index (χ0n) is 9.46. The lowest BCUT2D eigenvalue weighted by atomic mass is 10.1. The second-order valence-corrected chi connectivity index (χ2v) is 4.57. The molecule has 0 bridgehead atoms. The molecule has 88 valence electrons. The fourth-order valence-corrected chi connectivity index (χ4v) is 2.16. The molecule has 0 saturated carbocycles. The van der Waals surface area contributed by atoms with Crippen molar-refractivity contribution in [2.45, 2.75) is 32.2 Å². The Balaban J connectivity index is 1.88. The molecule has 1 aromatic rings. The van der Waals surface area contributed by atoms with Crippen molar-refractivity contribution in [3.05, 3.63) is 16.9 Å². The summed E-state index contributed by atoms with van der Waals surface area (Å²) in [6.45, 7) is 3.89. The van der Waals surface area contributed by atoms with Crippen molar-refractivity contribution in [3.8, 4) is 0 Å². The lowest BCUT2D eigenvalue weighted by molar-refractivity contribution is 0.413. The van der Waals surface area contributed by atoms with Gasteiger partial charge in [0.1, 0.15) is 5.15 Å². The fraction of sp³-hybridized carbons (Fsp3) is 0.636. The van der Waals surface area contributed by atoms with E-state index >= 15 is 0 Å². The first-order chi connectivity index (χ1) is 7.74. The van der Waals surface area contributed by atoms with Gasteiger partial charge < -0.3 is 10.6 Å². The van der Waals surface area contributed by atoms with Crippen molar-refractivity contribution in [2.24, 2.45) is 0 Å². The van der Waals surface area contributed by atoms with Crippen molar-refractivity contribution in [2.75, 3.05) is 18.4 Å². The summed E-state index contributed by atoms with van der Waals surface area (Å²) in [6.07, 6.45) is 3.80. The average Bonchev–Trinajstić information content (AvgIpc) is 2.27. The molecule has 0 unspecified atom stereocenters. The zero-order valence-corrected chi connectivity index (χ0v) is 10.2. The number of nitrogens with zero attached hydrogens (tertiary/aromatic N) is 2. The highest BCUT2D eigenvalue weighted by Gasteiger charge is 2.12. The average molecular weight is 241 g/mol. The van der Waals surface area contributed by atoms with Crippen LogP contribution in [0.4, 0.5) is 5.95 Å². The highest BCUT2D eigenvalue weighted by molar-refractivity contribution is 6.29. The first kappa shape index (κ1) is 11.6. The van der Waals surface area contributed by atoms with Crippen LogP contribution >= 0.6 is 11.6 Å². The molecule has 0 amide bonds. The Labute approximate surface area is 101 Å². The molecule has 1 aromatic heterocycles. The van der Waals surface area contributed by atoms with Gasteiger partial charge in [0.05, 0.1) is 0 Å². The second-order valence-electron chi connectivity index (χ2n) is 4.18. The smallest absolute Gasteiger partial charge is 0.224 e. The monoisotopic (exact) mass is 240 g/mol. The third-order valence-electron chi connectivity index (χ3n) is 2.74. The van der Waals surface area contributed by atoms with Crippen LogP contribution in [0.5, 0.6) is 0 Å². The SMILES string of the molecule is Cc1cc(Cl)nc(NC[C@H]2CCCCN2)n1. The van der Waals surface area contributed by atoms with E-state index < -0.39 is 0 Å². The number of hydrogen-bond donors (Lipinski definition) is 2. The molecule has 16 heavy (non-hydrogen) atoms. The molecule has 5 heteroatoms. The fourth-order valence-electron chi connectivity index (χ4n) is 1.92. The molecule has 0 spiro atoms. The van der Waals surface area contributed by atoms with Crippen LogP contribution in [0.2, 0.25) is 5.15 Å². The van der Waals surface area contributed by atoms with E-state index in [0.29, 0.717) is 17.1 Å². The van der Waals surface area contributed by atoms with Gasteiger partial charge in [-0.15, -0.1) is 0 Å². The van der Waals surface area contributed by atoms with E-state index in [1.54, 1.807) is 6.07 Å². The van der Waals surface area contributed by atoms with Gasteiger partial charge in [0.25, 0.3) is 0 Å². The van der Waals surface area contributed by atoms with E-state index in [1.807, 2.05) is 6.92 Å². The number of hydrogen-bond acceptors (Lipinski definition) is 4. The number of anilines is 1. The maximum Gasteiger partial charge on any atom is 0.224 e. The molecule has 1 aliphatic heterocycles. The normalized spacial score (nSPS) is 20.8. The van der Waals surface area contributed by atoms with Gasteiger partial charge in [-0.1, -0.05) is 18.0 Å². The summed E-state index contributed by atoms with van der Waals surface area (Å²) in [5.41, 5.74) is 0.888. The van der Waals surface area contributed by atoms with Gasteiger partial charge >= 0.3 is 0 Å². The van der Waals surface area contributed by atoms with Gasteiger partial charge in [-0.2, -0.15) is 0 Å². The molecule has 0 aromatic carbocycles. The Hall–Kier alpha value is -0.870. The predicted octanol–water partition coefficient (Wildman–Crippen LogP) is 1.99. The number of halogens is 1. The number of aromatic nitrogens is 2. The predicted molar refractivity (Wildman–Crippen MR) is 65.9 cm³/mol. The molecule has 1 saturated heterocycles. The van der Waals surface area contributed by atoms with Crippen LogP contribution in [0.1, 0.15) is 25.0 Å². The van der Waals surface area contributed by atoms with Crippen LogP contribution in [0.3, 0.4) is 0 Å². The van der Waals surface area contributed by atoms with E-state index in [2.05, 4.69) is 20.6 Å². The van der Waals surface area contributed by atoms with E-state index in [4.69, 9.17) is 11.6 Å².